The lowest BCUT2D eigenvalue weighted by Crippen LogP contribution is -2.12. The largest absolute Gasteiger partial charge is 0.481 e. The summed E-state index contributed by atoms with van der Waals surface area (Å²) in [6.07, 6.45) is 1.45. The molecule has 0 saturated heterocycles. The molecule has 1 unspecified atom stereocenters. The van der Waals surface area contributed by atoms with Crippen molar-refractivity contribution < 1.29 is 9.13 Å². The van der Waals surface area contributed by atoms with Gasteiger partial charge in [-0.3, -0.25) is 4.57 Å². The fraction of sp³-hybridized carbons (Fsp3) is 0.238. The number of rotatable bonds is 8. The van der Waals surface area contributed by atoms with E-state index >= 15 is 0 Å². The second kappa shape index (κ2) is 9.26. The van der Waals surface area contributed by atoms with Gasteiger partial charge < -0.3 is 4.74 Å². The van der Waals surface area contributed by atoms with E-state index in [1.807, 2.05) is 36.6 Å². The van der Waals surface area contributed by atoms with Crippen molar-refractivity contribution in [2.45, 2.75) is 37.4 Å². The summed E-state index contributed by atoms with van der Waals surface area (Å²) >= 11 is 7.78. The molecule has 0 spiro atoms. The van der Waals surface area contributed by atoms with E-state index in [0.29, 0.717) is 28.9 Å². The molecule has 0 radical (unpaired) electrons. The first-order chi connectivity index (χ1) is 13.5. The Morgan fingerprint density at radius 2 is 2.00 bits per heavy atom. The van der Waals surface area contributed by atoms with Gasteiger partial charge in [-0.1, -0.05) is 47.6 Å². The van der Waals surface area contributed by atoms with Crippen molar-refractivity contribution >= 4 is 23.4 Å². The number of hydrogen-bond acceptors (Lipinski definition) is 4. The van der Waals surface area contributed by atoms with Gasteiger partial charge in [-0.25, -0.2) is 4.39 Å². The van der Waals surface area contributed by atoms with Crippen LogP contribution in [0.5, 0.6) is 5.75 Å². The van der Waals surface area contributed by atoms with Gasteiger partial charge in [0.15, 0.2) is 17.1 Å². The maximum absolute atomic E-state index is 13.1. The van der Waals surface area contributed by atoms with E-state index in [-0.39, 0.29) is 11.9 Å². The van der Waals surface area contributed by atoms with Crippen molar-refractivity contribution in [2.24, 2.45) is 0 Å². The Morgan fingerprint density at radius 3 is 2.71 bits per heavy atom. The molecule has 1 atom stereocenters. The van der Waals surface area contributed by atoms with Crippen LogP contribution in [0.4, 0.5) is 4.39 Å². The lowest BCUT2D eigenvalue weighted by Gasteiger charge is -2.17. The summed E-state index contributed by atoms with van der Waals surface area (Å²) in [6, 6.07) is 12.1. The zero-order valence-corrected chi connectivity index (χ0v) is 17.3. The molecular formula is C21H21ClFN3OS. The lowest BCUT2D eigenvalue weighted by atomic mass is 10.2. The zero-order chi connectivity index (χ0) is 20.1. The minimum Gasteiger partial charge on any atom is -0.481 e. The molecule has 0 N–H and O–H groups in total. The van der Waals surface area contributed by atoms with E-state index in [2.05, 4.69) is 16.8 Å². The van der Waals surface area contributed by atoms with Gasteiger partial charge in [-0.15, -0.1) is 16.8 Å². The molecule has 3 rings (SSSR count). The van der Waals surface area contributed by atoms with Crippen LogP contribution in [0.25, 0.3) is 0 Å². The predicted octanol–water partition coefficient (Wildman–Crippen LogP) is 6.00. The minimum absolute atomic E-state index is 0.244. The Bertz CT molecular complexity index is 959. The van der Waals surface area contributed by atoms with E-state index in [0.717, 1.165) is 16.3 Å². The number of thioether (sulfide) groups is 1. The highest BCUT2D eigenvalue weighted by atomic mass is 35.5. The lowest BCUT2D eigenvalue weighted by molar-refractivity contribution is 0.210. The average Bonchev–Trinajstić information content (AvgIpc) is 3.07. The Labute approximate surface area is 173 Å². The molecule has 0 aliphatic rings. The molecule has 0 aliphatic heterocycles. The number of aryl methyl sites for hydroxylation is 1. The van der Waals surface area contributed by atoms with E-state index < -0.39 is 0 Å². The Morgan fingerprint density at radius 1 is 1.25 bits per heavy atom. The van der Waals surface area contributed by atoms with Crippen LogP contribution in [0.3, 0.4) is 0 Å². The van der Waals surface area contributed by atoms with Gasteiger partial charge in [0.1, 0.15) is 11.6 Å². The van der Waals surface area contributed by atoms with Crippen LogP contribution in [0.15, 0.2) is 60.3 Å². The first kappa shape index (κ1) is 20.4. The molecule has 0 bridgehead atoms. The molecule has 0 amide bonds. The smallest absolute Gasteiger partial charge is 0.191 e. The van der Waals surface area contributed by atoms with Gasteiger partial charge in [0.2, 0.25) is 0 Å². The normalized spacial score (nSPS) is 12.0. The van der Waals surface area contributed by atoms with Gasteiger partial charge in [-0.05, 0) is 49.2 Å². The van der Waals surface area contributed by atoms with Crippen molar-refractivity contribution in [2.75, 3.05) is 0 Å². The van der Waals surface area contributed by atoms with Crippen LogP contribution < -0.4 is 4.74 Å². The first-order valence-corrected chi connectivity index (χ1v) is 10.2. The van der Waals surface area contributed by atoms with Crippen LogP contribution >= 0.6 is 23.4 Å². The SMILES string of the molecule is C=CCn1c(SCc2ccc(F)cc2)nnc1C(C)Oc1cc(C)ccc1Cl. The average molecular weight is 418 g/mol. The Hall–Kier alpha value is -2.31. The molecule has 3 aromatic rings. The van der Waals surface area contributed by atoms with Crippen molar-refractivity contribution in [1.29, 1.82) is 0 Å². The van der Waals surface area contributed by atoms with Gasteiger partial charge in [0.25, 0.3) is 0 Å². The molecule has 1 aromatic heterocycles. The molecule has 146 valence electrons. The van der Waals surface area contributed by atoms with E-state index in [9.17, 15) is 4.39 Å². The molecule has 1 heterocycles. The summed E-state index contributed by atoms with van der Waals surface area (Å²) in [5.74, 6) is 1.72. The number of benzene rings is 2. The van der Waals surface area contributed by atoms with Gasteiger partial charge in [0.05, 0.1) is 5.02 Å². The fourth-order valence-corrected chi connectivity index (χ4v) is 3.75. The maximum atomic E-state index is 13.1. The Balaban J connectivity index is 1.78. The topological polar surface area (TPSA) is 39.9 Å². The van der Waals surface area contributed by atoms with E-state index in [4.69, 9.17) is 16.3 Å². The molecule has 0 aliphatic carbocycles. The molecule has 0 fully saturated rings. The van der Waals surface area contributed by atoms with Crippen LogP contribution in [-0.2, 0) is 12.3 Å². The second-order valence-electron chi connectivity index (χ2n) is 6.35. The summed E-state index contributed by atoms with van der Waals surface area (Å²) in [4.78, 5) is 0. The summed E-state index contributed by atoms with van der Waals surface area (Å²) in [5, 5.41) is 9.95. The van der Waals surface area contributed by atoms with Crippen LogP contribution in [0.1, 0.15) is 30.0 Å². The third-order valence-corrected chi connectivity index (χ3v) is 5.44. The highest BCUT2D eigenvalue weighted by Crippen LogP contribution is 2.31. The number of halogens is 2. The second-order valence-corrected chi connectivity index (χ2v) is 7.70. The van der Waals surface area contributed by atoms with E-state index in [1.54, 1.807) is 18.2 Å². The van der Waals surface area contributed by atoms with Crippen LogP contribution in [-0.4, -0.2) is 14.8 Å². The molecule has 2 aromatic carbocycles. The van der Waals surface area contributed by atoms with Gasteiger partial charge in [0, 0.05) is 12.3 Å². The number of ether oxygens (including phenoxy) is 1. The quantitative estimate of drug-likeness (QED) is 0.333. The number of allylic oxidation sites excluding steroid dienone is 1. The summed E-state index contributed by atoms with van der Waals surface area (Å²) < 4.78 is 21.1. The highest BCUT2D eigenvalue weighted by molar-refractivity contribution is 7.98. The third-order valence-electron chi connectivity index (χ3n) is 4.09. The number of aromatic nitrogens is 3. The maximum Gasteiger partial charge on any atom is 0.191 e. The fourth-order valence-electron chi connectivity index (χ4n) is 2.68. The molecule has 4 nitrogen and oxygen atoms in total. The summed E-state index contributed by atoms with van der Waals surface area (Å²) in [6.45, 7) is 8.28. The zero-order valence-electron chi connectivity index (χ0n) is 15.7. The summed E-state index contributed by atoms with van der Waals surface area (Å²) in [5.41, 5.74) is 2.08. The third kappa shape index (κ3) is 4.94. The van der Waals surface area contributed by atoms with Gasteiger partial charge in [-0.2, -0.15) is 0 Å². The molecule has 0 saturated carbocycles. The monoisotopic (exact) mass is 417 g/mol. The van der Waals surface area contributed by atoms with Crippen LogP contribution in [0, 0.1) is 12.7 Å². The van der Waals surface area contributed by atoms with Crippen molar-refractivity contribution in [3.8, 4) is 5.75 Å². The van der Waals surface area contributed by atoms with Crippen molar-refractivity contribution in [3.63, 3.8) is 0 Å². The summed E-state index contributed by atoms with van der Waals surface area (Å²) in [7, 11) is 0. The van der Waals surface area contributed by atoms with Crippen molar-refractivity contribution in [1.82, 2.24) is 14.8 Å². The highest BCUT2D eigenvalue weighted by Gasteiger charge is 2.20. The standard InChI is InChI=1S/C21H21ClFN3OS/c1-4-11-26-20(15(3)27-19-12-14(2)5-10-18(19)22)24-25-21(26)28-13-16-6-8-17(23)9-7-16/h4-10,12,15H,1,11,13H2,2-3H3. The van der Waals surface area contributed by atoms with Gasteiger partial charge >= 0.3 is 0 Å². The van der Waals surface area contributed by atoms with E-state index in [1.165, 1.54) is 23.9 Å². The predicted molar refractivity (Wildman–Crippen MR) is 111 cm³/mol. The molecular weight excluding hydrogens is 397 g/mol. The minimum atomic E-state index is -0.341. The molecule has 7 heteroatoms. The van der Waals surface area contributed by atoms with Crippen molar-refractivity contribution in [3.05, 3.63) is 82.9 Å². The number of nitrogens with zero attached hydrogens (tertiary/aromatic N) is 3. The first-order valence-electron chi connectivity index (χ1n) is 8.82. The van der Waals surface area contributed by atoms with Crippen LogP contribution in [0.2, 0.25) is 5.02 Å². The molecule has 28 heavy (non-hydrogen) atoms. The number of hydrogen-bond donors (Lipinski definition) is 0. The Kier molecular flexibility index (Phi) is 6.75.